The monoisotopic (exact) mass is 327 g/mol. The van der Waals surface area contributed by atoms with Crippen LogP contribution in [-0.2, 0) is 4.79 Å². The maximum absolute atomic E-state index is 12.6. The summed E-state index contributed by atoms with van der Waals surface area (Å²) in [5, 5.41) is 11.3. The van der Waals surface area contributed by atoms with E-state index < -0.39 is 0 Å². The molecule has 0 saturated heterocycles. The third-order valence-corrected chi connectivity index (χ3v) is 4.65. The van der Waals surface area contributed by atoms with Crippen LogP contribution < -0.4 is 5.32 Å². The van der Waals surface area contributed by atoms with E-state index in [9.17, 15) is 4.79 Å². The van der Waals surface area contributed by atoms with Crippen LogP contribution >= 0.6 is 0 Å². The Balaban J connectivity index is 1.70. The lowest BCUT2D eigenvalue weighted by molar-refractivity contribution is -0.122. The Kier molecular flexibility index (Phi) is 5.62. The smallest absolute Gasteiger partial charge is 0.224 e. The Bertz CT molecular complexity index is 646. The molecule has 5 heteroatoms. The highest BCUT2D eigenvalue weighted by Gasteiger charge is 2.25. The van der Waals surface area contributed by atoms with Crippen LogP contribution in [0.25, 0.3) is 0 Å². The summed E-state index contributed by atoms with van der Waals surface area (Å²) in [6, 6.07) is 10.2. The van der Waals surface area contributed by atoms with Gasteiger partial charge in [0.05, 0.1) is 5.92 Å². The molecule has 128 valence electrons. The van der Waals surface area contributed by atoms with Gasteiger partial charge in [0.25, 0.3) is 0 Å². The van der Waals surface area contributed by atoms with E-state index >= 15 is 0 Å². The Hall–Kier alpha value is -2.17. The van der Waals surface area contributed by atoms with Crippen molar-refractivity contribution in [1.29, 1.82) is 0 Å². The summed E-state index contributed by atoms with van der Waals surface area (Å²) in [5.74, 6) is 0.898. The molecule has 24 heavy (non-hydrogen) atoms. The number of nitrogens with zero attached hydrogens (tertiary/aromatic N) is 2. The molecule has 0 bridgehead atoms. The lowest BCUT2D eigenvalue weighted by atomic mass is 9.95. The van der Waals surface area contributed by atoms with E-state index in [-0.39, 0.29) is 11.8 Å². The van der Waals surface area contributed by atoms with Crippen molar-refractivity contribution in [3.63, 3.8) is 0 Å². The average molecular weight is 327 g/mol. The predicted molar refractivity (Wildman–Crippen MR) is 91.6 cm³/mol. The van der Waals surface area contributed by atoms with Gasteiger partial charge in [0, 0.05) is 19.4 Å². The van der Waals surface area contributed by atoms with Crippen molar-refractivity contribution in [2.75, 3.05) is 0 Å². The van der Waals surface area contributed by atoms with Gasteiger partial charge < -0.3 is 9.73 Å². The van der Waals surface area contributed by atoms with Gasteiger partial charge in [0.1, 0.15) is 0 Å². The van der Waals surface area contributed by atoms with Gasteiger partial charge in [-0.2, -0.15) is 0 Å². The average Bonchev–Trinajstić information content (AvgIpc) is 2.86. The second-order valence-corrected chi connectivity index (χ2v) is 6.58. The van der Waals surface area contributed by atoms with E-state index in [0.717, 1.165) is 18.4 Å². The molecule has 1 unspecified atom stereocenters. The molecule has 0 aliphatic heterocycles. The minimum absolute atomic E-state index is 0.0617. The predicted octanol–water partition coefficient (Wildman–Crippen LogP) is 3.74. The molecule has 1 fully saturated rings. The first-order chi connectivity index (χ1) is 11.7. The van der Waals surface area contributed by atoms with Crippen LogP contribution in [0.4, 0.5) is 0 Å². The number of aromatic nitrogens is 2. The number of benzene rings is 1. The molecule has 3 rings (SSSR count). The van der Waals surface area contributed by atoms with Crippen LogP contribution in [0.3, 0.4) is 0 Å². The fraction of sp³-hybridized carbons (Fsp3) is 0.526. The van der Waals surface area contributed by atoms with Crippen LogP contribution in [0, 0.1) is 6.92 Å². The standard InChI is InChI=1S/C19H25N3O2/c1-14-21-22-19(24-14)17(15-9-5-4-6-10-15)13-18(23)20-16-11-7-2-3-8-12-16/h4-6,9-10,16-17H,2-3,7-8,11-13H2,1H3,(H,20,23). The molecule has 1 aliphatic carbocycles. The van der Waals surface area contributed by atoms with E-state index in [0.29, 0.717) is 24.2 Å². The number of hydrogen-bond acceptors (Lipinski definition) is 4. The van der Waals surface area contributed by atoms with Gasteiger partial charge in [-0.15, -0.1) is 10.2 Å². The summed E-state index contributed by atoms with van der Waals surface area (Å²) >= 11 is 0. The van der Waals surface area contributed by atoms with E-state index in [1.165, 1.54) is 25.7 Å². The van der Waals surface area contributed by atoms with Gasteiger partial charge in [-0.1, -0.05) is 56.0 Å². The zero-order valence-corrected chi connectivity index (χ0v) is 14.2. The summed E-state index contributed by atoms with van der Waals surface area (Å²) in [4.78, 5) is 12.6. The molecule has 1 saturated carbocycles. The highest BCUT2D eigenvalue weighted by atomic mass is 16.4. The number of nitrogens with one attached hydrogen (secondary N) is 1. The Morgan fingerprint density at radius 1 is 1.17 bits per heavy atom. The zero-order valence-electron chi connectivity index (χ0n) is 14.2. The van der Waals surface area contributed by atoms with Crippen molar-refractivity contribution in [3.8, 4) is 0 Å². The number of amides is 1. The number of carbonyl (C=O) groups excluding carboxylic acids is 1. The Morgan fingerprint density at radius 3 is 2.50 bits per heavy atom. The van der Waals surface area contributed by atoms with Crippen molar-refractivity contribution in [3.05, 3.63) is 47.7 Å². The second kappa shape index (κ2) is 8.08. The summed E-state index contributed by atoms with van der Waals surface area (Å²) < 4.78 is 5.61. The second-order valence-electron chi connectivity index (χ2n) is 6.58. The van der Waals surface area contributed by atoms with Crippen molar-refractivity contribution in [2.24, 2.45) is 0 Å². The largest absolute Gasteiger partial charge is 0.425 e. The van der Waals surface area contributed by atoms with Crippen LogP contribution in [0.5, 0.6) is 0 Å². The molecule has 1 atom stereocenters. The van der Waals surface area contributed by atoms with Crippen molar-refractivity contribution in [1.82, 2.24) is 15.5 Å². The maximum atomic E-state index is 12.6. The maximum Gasteiger partial charge on any atom is 0.224 e. The molecule has 5 nitrogen and oxygen atoms in total. The van der Waals surface area contributed by atoms with Gasteiger partial charge in [0.15, 0.2) is 0 Å². The number of hydrogen-bond donors (Lipinski definition) is 1. The molecule has 1 amide bonds. The molecule has 1 heterocycles. The normalized spacial score (nSPS) is 17.2. The fourth-order valence-corrected chi connectivity index (χ4v) is 3.38. The summed E-state index contributed by atoms with van der Waals surface area (Å²) in [6.45, 7) is 1.77. The van der Waals surface area contributed by atoms with Crippen LogP contribution in [0.1, 0.15) is 68.2 Å². The van der Waals surface area contributed by atoms with Gasteiger partial charge in [-0.05, 0) is 18.4 Å². The molecular formula is C19H25N3O2. The first kappa shape index (κ1) is 16.7. The molecule has 0 radical (unpaired) electrons. The quantitative estimate of drug-likeness (QED) is 0.850. The van der Waals surface area contributed by atoms with Crippen molar-refractivity contribution in [2.45, 2.75) is 63.8 Å². The van der Waals surface area contributed by atoms with E-state index in [1.54, 1.807) is 6.92 Å². The SMILES string of the molecule is Cc1nnc(C(CC(=O)NC2CCCCCC2)c2ccccc2)o1. The first-order valence-corrected chi connectivity index (χ1v) is 8.86. The molecular weight excluding hydrogens is 302 g/mol. The Morgan fingerprint density at radius 2 is 1.88 bits per heavy atom. The highest BCUT2D eigenvalue weighted by molar-refractivity contribution is 5.77. The molecule has 1 aromatic heterocycles. The van der Waals surface area contributed by atoms with Gasteiger partial charge in [-0.3, -0.25) is 4.79 Å². The minimum Gasteiger partial charge on any atom is -0.425 e. The van der Waals surface area contributed by atoms with Crippen LogP contribution in [0.2, 0.25) is 0 Å². The minimum atomic E-state index is -0.196. The highest BCUT2D eigenvalue weighted by Crippen LogP contribution is 2.27. The number of rotatable bonds is 5. The molecule has 1 aliphatic rings. The molecule has 0 spiro atoms. The third kappa shape index (κ3) is 4.43. The van der Waals surface area contributed by atoms with Crippen LogP contribution in [0.15, 0.2) is 34.7 Å². The lowest BCUT2D eigenvalue weighted by Crippen LogP contribution is -2.35. The molecule has 1 N–H and O–H groups in total. The Labute approximate surface area is 142 Å². The summed E-state index contributed by atoms with van der Waals surface area (Å²) in [6.07, 6.45) is 7.47. The number of aryl methyl sites for hydroxylation is 1. The third-order valence-electron chi connectivity index (χ3n) is 4.65. The van der Waals surface area contributed by atoms with E-state index in [2.05, 4.69) is 15.5 Å². The summed E-state index contributed by atoms with van der Waals surface area (Å²) in [5.41, 5.74) is 1.03. The fourth-order valence-electron chi connectivity index (χ4n) is 3.38. The van der Waals surface area contributed by atoms with E-state index in [4.69, 9.17) is 4.42 Å². The van der Waals surface area contributed by atoms with Crippen molar-refractivity contribution < 1.29 is 9.21 Å². The first-order valence-electron chi connectivity index (χ1n) is 8.86. The van der Waals surface area contributed by atoms with Gasteiger partial charge in [0.2, 0.25) is 17.7 Å². The van der Waals surface area contributed by atoms with Crippen LogP contribution in [-0.4, -0.2) is 22.1 Å². The lowest BCUT2D eigenvalue weighted by Gasteiger charge is -2.19. The number of carbonyl (C=O) groups is 1. The molecule has 2 aromatic rings. The van der Waals surface area contributed by atoms with E-state index in [1.807, 2.05) is 30.3 Å². The molecule has 1 aromatic carbocycles. The van der Waals surface area contributed by atoms with Gasteiger partial charge in [-0.25, -0.2) is 0 Å². The summed E-state index contributed by atoms with van der Waals surface area (Å²) in [7, 11) is 0. The zero-order chi connectivity index (χ0) is 16.8. The topological polar surface area (TPSA) is 68.0 Å². The van der Waals surface area contributed by atoms with Gasteiger partial charge >= 0.3 is 0 Å². The van der Waals surface area contributed by atoms with Crippen molar-refractivity contribution >= 4 is 5.91 Å².